The molecule has 3 nitrogen and oxygen atoms in total. The zero-order chi connectivity index (χ0) is 22.2. The van der Waals surface area contributed by atoms with E-state index in [0.717, 1.165) is 22.1 Å². The van der Waals surface area contributed by atoms with E-state index < -0.39 is 5.97 Å². The third-order valence-corrected chi connectivity index (χ3v) is 5.95. The number of rotatable bonds is 2. The Morgan fingerprint density at radius 3 is 2.13 bits per heavy atom. The van der Waals surface area contributed by atoms with Crippen molar-refractivity contribution >= 4 is 33.8 Å². The van der Waals surface area contributed by atoms with Gasteiger partial charge in [-0.15, -0.1) is 0 Å². The molecule has 3 heteroatoms. The van der Waals surface area contributed by atoms with Gasteiger partial charge in [0.1, 0.15) is 0 Å². The Labute approximate surface area is 183 Å². The molecule has 0 saturated heterocycles. The van der Waals surface area contributed by atoms with Gasteiger partial charge in [-0.2, -0.15) is 0 Å². The van der Waals surface area contributed by atoms with Crippen LogP contribution in [0.25, 0.3) is 10.8 Å². The van der Waals surface area contributed by atoms with Crippen molar-refractivity contribution in [3.05, 3.63) is 102 Å². The topological polar surface area (TPSA) is 40.5 Å². The number of hydrogen-bond acceptors (Lipinski definition) is 2. The molecule has 0 bridgehead atoms. The molecule has 4 aromatic rings. The fraction of sp³-hybridized carbons (Fsp3) is 0.179. The normalized spacial score (nSPS) is 13.6. The highest BCUT2D eigenvalue weighted by atomic mass is 16.4. The second-order valence-corrected chi connectivity index (χ2v) is 8.05. The molecule has 31 heavy (non-hydrogen) atoms. The summed E-state index contributed by atoms with van der Waals surface area (Å²) in [6.45, 7) is 8.47. The maximum atomic E-state index is 11.5. The van der Waals surface area contributed by atoms with E-state index in [4.69, 9.17) is 0 Å². The fourth-order valence-corrected chi connectivity index (χ4v) is 4.43. The molecule has 0 unspecified atom stereocenters. The van der Waals surface area contributed by atoms with Crippen LogP contribution in [0.1, 0.15) is 49.2 Å². The fourth-order valence-electron chi connectivity index (χ4n) is 4.43. The Morgan fingerprint density at radius 1 is 0.742 bits per heavy atom. The monoisotopic (exact) mass is 409 g/mol. The molecule has 0 saturated carbocycles. The van der Waals surface area contributed by atoms with Gasteiger partial charge in [0.15, 0.2) is 0 Å². The number of carbonyl (C=O) groups is 1. The smallest absolute Gasteiger partial charge is 0.335 e. The van der Waals surface area contributed by atoms with Gasteiger partial charge in [-0.1, -0.05) is 70.2 Å². The van der Waals surface area contributed by atoms with Crippen LogP contribution in [0.15, 0.2) is 84.9 Å². The number of para-hydroxylation sites is 2. The molecule has 1 N–H and O–H groups in total. The quantitative estimate of drug-likeness (QED) is 0.369. The zero-order valence-corrected chi connectivity index (χ0v) is 18.4. The molecule has 0 spiro atoms. The molecule has 1 aliphatic rings. The summed E-state index contributed by atoms with van der Waals surface area (Å²) in [6, 6.07) is 28.6. The molecule has 0 fully saturated rings. The second-order valence-electron chi connectivity index (χ2n) is 8.05. The van der Waals surface area contributed by atoms with E-state index in [1.165, 1.54) is 16.8 Å². The highest BCUT2D eigenvalue weighted by molar-refractivity contribution is 5.98. The number of aromatic carboxylic acids is 1. The van der Waals surface area contributed by atoms with Gasteiger partial charge >= 0.3 is 5.97 Å². The minimum atomic E-state index is -0.903. The summed E-state index contributed by atoms with van der Waals surface area (Å²) in [5.41, 5.74) is 5.97. The van der Waals surface area contributed by atoms with Crippen molar-refractivity contribution in [3.8, 4) is 0 Å². The largest absolute Gasteiger partial charge is 0.478 e. The van der Waals surface area contributed by atoms with Crippen molar-refractivity contribution < 1.29 is 9.90 Å². The third-order valence-electron chi connectivity index (χ3n) is 5.95. The first-order valence-corrected chi connectivity index (χ1v) is 10.7. The molecule has 0 aromatic heterocycles. The first-order chi connectivity index (χ1) is 15.0. The Morgan fingerprint density at radius 2 is 1.42 bits per heavy atom. The summed E-state index contributed by atoms with van der Waals surface area (Å²) in [7, 11) is 0. The summed E-state index contributed by atoms with van der Waals surface area (Å²) < 4.78 is 0. The lowest BCUT2D eigenvalue weighted by atomic mass is 9.73. The molecule has 1 heterocycles. The van der Waals surface area contributed by atoms with Gasteiger partial charge in [0.25, 0.3) is 0 Å². The number of fused-ring (bicyclic) bond motifs is 3. The number of hydrogen-bond donors (Lipinski definition) is 1. The Balaban J connectivity index is 0.00000112. The predicted octanol–water partition coefficient (Wildman–Crippen LogP) is 7.67. The van der Waals surface area contributed by atoms with E-state index in [9.17, 15) is 9.90 Å². The van der Waals surface area contributed by atoms with Crippen LogP contribution in [0, 0.1) is 0 Å². The van der Waals surface area contributed by atoms with Gasteiger partial charge < -0.3 is 10.0 Å². The predicted molar refractivity (Wildman–Crippen MR) is 129 cm³/mol. The van der Waals surface area contributed by atoms with Crippen LogP contribution in [-0.4, -0.2) is 11.1 Å². The van der Waals surface area contributed by atoms with Crippen LogP contribution >= 0.6 is 0 Å². The maximum absolute atomic E-state index is 11.5. The number of carboxylic acid groups (broad SMARTS) is 1. The molecule has 0 amide bonds. The Hall–Kier alpha value is -3.59. The highest BCUT2D eigenvalue weighted by Gasteiger charge is 2.36. The average molecular weight is 410 g/mol. The summed E-state index contributed by atoms with van der Waals surface area (Å²) >= 11 is 0. The van der Waals surface area contributed by atoms with E-state index in [2.05, 4.69) is 79.4 Å². The van der Waals surface area contributed by atoms with Crippen LogP contribution in [-0.2, 0) is 5.41 Å². The second kappa shape index (κ2) is 7.92. The third kappa shape index (κ3) is 3.36. The first-order valence-electron chi connectivity index (χ1n) is 10.7. The number of anilines is 3. The average Bonchev–Trinajstić information content (AvgIpc) is 2.80. The van der Waals surface area contributed by atoms with E-state index in [1.807, 2.05) is 26.0 Å². The Bertz CT molecular complexity index is 1260. The van der Waals surface area contributed by atoms with Gasteiger partial charge in [0.2, 0.25) is 0 Å². The molecule has 156 valence electrons. The minimum absolute atomic E-state index is 0.204. The molecule has 4 aromatic carbocycles. The van der Waals surface area contributed by atoms with Crippen LogP contribution in [0.3, 0.4) is 0 Å². The van der Waals surface area contributed by atoms with Gasteiger partial charge in [-0.3, -0.25) is 0 Å². The lowest BCUT2D eigenvalue weighted by Gasteiger charge is -2.42. The molecule has 0 radical (unpaired) electrons. The van der Waals surface area contributed by atoms with E-state index in [1.54, 1.807) is 12.1 Å². The van der Waals surface area contributed by atoms with Crippen molar-refractivity contribution in [2.24, 2.45) is 0 Å². The van der Waals surface area contributed by atoms with Crippen molar-refractivity contribution in [2.75, 3.05) is 4.90 Å². The van der Waals surface area contributed by atoms with Crippen molar-refractivity contribution in [3.63, 3.8) is 0 Å². The van der Waals surface area contributed by atoms with E-state index in [-0.39, 0.29) is 5.41 Å². The summed E-state index contributed by atoms with van der Waals surface area (Å²) in [6.07, 6.45) is 0. The SMILES string of the molecule is CC.CC1(C)c2ccccc2N(c2ccccc2)c2cc3ccc(C(=O)O)cc3cc21. The summed E-state index contributed by atoms with van der Waals surface area (Å²) in [4.78, 5) is 13.8. The standard InChI is InChI=1S/C26H21NO2.C2H6/c1-26(2)21-10-6-7-11-23(21)27(20-8-4-3-5-9-20)24-16-17-12-13-18(25(28)29)14-19(17)15-22(24)26;1-2/h3-16H,1-2H3,(H,28,29);1-2H3. The molecular formula is C28H27NO2. The van der Waals surface area contributed by atoms with Crippen LogP contribution in [0.4, 0.5) is 17.1 Å². The van der Waals surface area contributed by atoms with Crippen LogP contribution in [0.2, 0.25) is 0 Å². The summed E-state index contributed by atoms with van der Waals surface area (Å²) in [5.74, 6) is -0.903. The van der Waals surface area contributed by atoms with Crippen molar-refractivity contribution in [1.82, 2.24) is 0 Å². The van der Waals surface area contributed by atoms with Gasteiger partial charge in [-0.25, -0.2) is 4.79 Å². The zero-order valence-electron chi connectivity index (χ0n) is 18.4. The number of benzene rings is 4. The lowest BCUT2D eigenvalue weighted by molar-refractivity contribution is 0.0697. The first kappa shape index (κ1) is 20.7. The van der Waals surface area contributed by atoms with Crippen molar-refractivity contribution in [2.45, 2.75) is 33.1 Å². The Kier molecular flexibility index (Phi) is 5.28. The molecule has 5 rings (SSSR count). The van der Waals surface area contributed by atoms with E-state index in [0.29, 0.717) is 5.56 Å². The minimum Gasteiger partial charge on any atom is -0.478 e. The maximum Gasteiger partial charge on any atom is 0.335 e. The van der Waals surface area contributed by atoms with E-state index >= 15 is 0 Å². The molecular weight excluding hydrogens is 382 g/mol. The van der Waals surface area contributed by atoms with Gasteiger partial charge in [0, 0.05) is 11.1 Å². The van der Waals surface area contributed by atoms with Gasteiger partial charge in [0.05, 0.1) is 16.9 Å². The lowest BCUT2D eigenvalue weighted by Crippen LogP contribution is -2.30. The van der Waals surface area contributed by atoms with Crippen LogP contribution in [0.5, 0.6) is 0 Å². The molecule has 0 aliphatic carbocycles. The molecule has 1 aliphatic heterocycles. The van der Waals surface area contributed by atoms with Crippen molar-refractivity contribution in [1.29, 1.82) is 0 Å². The van der Waals surface area contributed by atoms with Gasteiger partial charge in [-0.05, 0) is 64.4 Å². The molecule has 0 atom stereocenters. The number of nitrogens with zero attached hydrogens (tertiary/aromatic N) is 1. The number of carboxylic acids is 1. The summed E-state index contributed by atoms with van der Waals surface area (Å²) in [5, 5.41) is 11.4. The highest BCUT2D eigenvalue weighted by Crippen LogP contribution is 2.52. The van der Waals surface area contributed by atoms with Crippen LogP contribution < -0.4 is 4.90 Å².